The second-order valence-electron chi connectivity index (χ2n) is 8.92. The van der Waals surface area contributed by atoms with Crippen molar-refractivity contribution in [2.24, 2.45) is 0 Å². The summed E-state index contributed by atoms with van der Waals surface area (Å²) in [5, 5.41) is 21.6. The molecule has 0 spiro atoms. The molecule has 1 aliphatic rings. The Bertz CT molecular complexity index is 1590. The van der Waals surface area contributed by atoms with Crippen molar-refractivity contribution in [1.82, 2.24) is 14.8 Å². The van der Waals surface area contributed by atoms with E-state index in [4.69, 9.17) is 14.6 Å². The van der Waals surface area contributed by atoms with E-state index in [1.54, 1.807) is 60.1 Å². The molecule has 0 radical (unpaired) electrons. The Morgan fingerprint density at radius 3 is 2.70 bits per heavy atom. The third kappa shape index (κ3) is 5.46. The van der Waals surface area contributed by atoms with Crippen LogP contribution in [0.1, 0.15) is 31.0 Å². The molecule has 0 saturated heterocycles. The van der Waals surface area contributed by atoms with E-state index in [1.165, 1.54) is 31.0 Å². The number of ether oxygens (including phenoxy) is 2. The van der Waals surface area contributed by atoms with Gasteiger partial charge >= 0.3 is 0 Å². The van der Waals surface area contributed by atoms with Gasteiger partial charge in [0.1, 0.15) is 17.6 Å². The highest BCUT2D eigenvalue weighted by molar-refractivity contribution is 7.98. The van der Waals surface area contributed by atoms with Crippen LogP contribution in [-0.2, 0) is 10.5 Å². The summed E-state index contributed by atoms with van der Waals surface area (Å²) in [7, 11) is 1.54. The van der Waals surface area contributed by atoms with E-state index in [9.17, 15) is 14.3 Å². The lowest BCUT2D eigenvalue weighted by molar-refractivity contribution is -0.113. The van der Waals surface area contributed by atoms with E-state index in [2.05, 4.69) is 15.6 Å². The van der Waals surface area contributed by atoms with E-state index in [-0.39, 0.29) is 23.2 Å². The van der Waals surface area contributed by atoms with Crippen LogP contribution in [0.4, 0.5) is 16.0 Å². The predicted molar refractivity (Wildman–Crippen MR) is 151 cm³/mol. The summed E-state index contributed by atoms with van der Waals surface area (Å²) in [5.41, 5.74) is 2.68. The van der Waals surface area contributed by atoms with Gasteiger partial charge in [-0.3, -0.25) is 4.79 Å². The molecule has 0 saturated carbocycles. The first kappa shape index (κ1) is 27.1. The number of carbonyl (C=O) groups is 1. The van der Waals surface area contributed by atoms with Crippen molar-refractivity contribution in [3.05, 3.63) is 94.9 Å². The zero-order chi connectivity index (χ0) is 28.2. The number of aromatic hydroxyl groups is 1. The van der Waals surface area contributed by atoms with Gasteiger partial charge in [-0.1, -0.05) is 48.2 Å². The van der Waals surface area contributed by atoms with Crippen LogP contribution < -0.4 is 20.1 Å². The number of para-hydroxylation sites is 2. The normalized spacial score (nSPS) is 14.3. The molecule has 1 aromatic heterocycles. The van der Waals surface area contributed by atoms with E-state index in [1.807, 2.05) is 13.0 Å². The number of anilines is 2. The number of phenols is 1. The van der Waals surface area contributed by atoms with Gasteiger partial charge in [0, 0.05) is 11.4 Å². The molecule has 0 fully saturated rings. The number of fused-ring (bicyclic) bond motifs is 1. The number of hydrogen-bond donors (Lipinski definition) is 3. The molecule has 2 heterocycles. The number of hydrogen-bond acceptors (Lipinski definition) is 8. The number of allylic oxidation sites excluding steroid dienone is 1. The van der Waals surface area contributed by atoms with Gasteiger partial charge in [-0.2, -0.15) is 4.98 Å². The van der Waals surface area contributed by atoms with Crippen LogP contribution in [0.3, 0.4) is 0 Å². The van der Waals surface area contributed by atoms with Crippen LogP contribution in [0.2, 0.25) is 0 Å². The lowest BCUT2D eigenvalue weighted by Gasteiger charge is -2.29. The first-order chi connectivity index (χ1) is 19.4. The Morgan fingerprint density at radius 1 is 1.15 bits per heavy atom. The summed E-state index contributed by atoms with van der Waals surface area (Å²) in [4.78, 5) is 18.4. The minimum Gasteiger partial charge on any atom is -0.504 e. The molecule has 3 N–H and O–H groups in total. The number of halogens is 1. The van der Waals surface area contributed by atoms with Crippen LogP contribution >= 0.6 is 11.8 Å². The maximum Gasteiger partial charge on any atom is 0.255 e. The second kappa shape index (κ2) is 11.7. The lowest BCUT2D eigenvalue weighted by Crippen LogP contribution is -2.31. The zero-order valence-electron chi connectivity index (χ0n) is 22.1. The maximum atomic E-state index is 14.2. The van der Waals surface area contributed by atoms with Gasteiger partial charge in [0.2, 0.25) is 11.1 Å². The minimum absolute atomic E-state index is 0.0137. The molecule has 1 atom stereocenters. The highest BCUT2D eigenvalue weighted by Gasteiger charge is 2.35. The molecule has 1 amide bonds. The first-order valence-corrected chi connectivity index (χ1v) is 13.6. The van der Waals surface area contributed by atoms with Gasteiger partial charge in [0.05, 0.1) is 25.0 Å². The SMILES string of the molecule is CCOc1cc([C@H]2C(C(=O)Nc3ccccc3OC)=C(C)Nc3nc(SCc4ccccc4F)nn32)ccc1O. The highest BCUT2D eigenvalue weighted by atomic mass is 32.2. The molecule has 206 valence electrons. The molecule has 0 aliphatic carbocycles. The molecule has 0 bridgehead atoms. The number of methoxy groups -OCH3 is 1. The molecular formula is C29H28FN5O4S. The number of nitrogens with zero attached hydrogens (tertiary/aromatic N) is 3. The standard InChI is InChI=1S/C29H28FN5O4S/c1-4-39-24-15-18(13-14-22(24)36)26-25(27(37)32-21-11-7-8-12-23(21)38-3)17(2)31-28-33-29(34-35(26)28)40-16-19-9-5-6-10-20(19)30/h5-15,26,36H,4,16H2,1-3H3,(H,32,37)(H,31,33,34)/t26-/m0/s1. The van der Waals surface area contributed by atoms with E-state index in [0.717, 1.165) is 0 Å². The van der Waals surface area contributed by atoms with Crippen LogP contribution in [0, 0.1) is 5.82 Å². The number of rotatable bonds is 9. The van der Waals surface area contributed by atoms with Crippen molar-refractivity contribution < 1.29 is 23.8 Å². The third-order valence-electron chi connectivity index (χ3n) is 6.35. The fourth-order valence-corrected chi connectivity index (χ4v) is 5.28. The van der Waals surface area contributed by atoms with Gasteiger partial charge in [0.15, 0.2) is 11.5 Å². The molecule has 1 aliphatic heterocycles. The predicted octanol–water partition coefficient (Wildman–Crippen LogP) is 5.75. The Kier molecular flexibility index (Phi) is 7.92. The minimum atomic E-state index is -0.707. The smallest absolute Gasteiger partial charge is 0.255 e. The van der Waals surface area contributed by atoms with E-state index in [0.29, 0.717) is 57.3 Å². The quantitative estimate of drug-likeness (QED) is 0.222. The average molecular weight is 562 g/mol. The fourth-order valence-electron chi connectivity index (χ4n) is 4.46. The van der Waals surface area contributed by atoms with Crippen molar-refractivity contribution in [1.29, 1.82) is 0 Å². The fraction of sp³-hybridized carbons (Fsp3) is 0.207. The monoisotopic (exact) mass is 561 g/mol. The van der Waals surface area contributed by atoms with Gasteiger partial charge in [-0.25, -0.2) is 9.07 Å². The third-order valence-corrected chi connectivity index (χ3v) is 7.23. The molecule has 5 rings (SSSR count). The Balaban J connectivity index is 1.54. The van der Waals surface area contributed by atoms with Crippen molar-refractivity contribution in [3.63, 3.8) is 0 Å². The molecule has 4 aromatic rings. The summed E-state index contributed by atoms with van der Waals surface area (Å²) >= 11 is 1.29. The van der Waals surface area contributed by atoms with Crippen LogP contribution in [-0.4, -0.2) is 39.5 Å². The highest BCUT2D eigenvalue weighted by Crippen LogP contribution is 2.40. The van der Waals surface area contributed by atoms with Crippen molar-refractivity contribution >= 4 is 29.3 Å². The summed E-state index contributed by atoms with van der Waals surface area (Å²) in [6.45, 7) is 3.96. The zero-order valence-corrected chi connectivity index (χ0v) is 23.0. The number of amides is 1. The van der Waals surface area contributed by atoms with Crippen LogP contribution in [0.5, 0.6) is 17.2 Å². The molecule has 11 heteroatoms. The number of thioether (sulfide) groups is 1. The van der Waals surface area contributed by atoms with E-state index >= 15 is 0 Å². The van der Waals surface area contributed by atoms with Gasteiger partial charge in [-0.15, -0.1) is 5.10 Å². The number of nitrogens with one attached hydrogen (secondary N) is 2. The number of phenolic OH excluding ortho intramolecular Hbond substituents is 1. The van der Waals surface area contributed by atoms with Gasteiger partial charge in [0.25, 0.3) is 5.91 Å². The Hall–Kier alpha value is -4.51. The van der Waals surface area contributed by atoms with Crippen molar-refractivity contribution in [2.45, 2.75) is 30.8 Å². The number of carbonyl (C=O) groups excluding carboxylic acids is 1. The van der Waals surface area contributed by atoms with Crippen LogP contribution in [0.25, 0.3) is 0 Å². The van der Waals surface area contributed by atoms with Crippen molar-refractivity contribution in [3.8, 4) is 17.2 Å². The molecule has 3 aromatic carbocycles. The summed E-state index contributed by atoms with van der Waals surface area (Å²) in [5.74, 6) is 0.894. The molecule has 0 unspecified atom stereocenters. The molecule has 9 nitrogen and oxygen atoms in total. The van der Waals surface area contributed by atoms with Gasteiger partial charge < -0.3 is 25.2 Å². The van der Waals surface area contributed by atoms with Gasteiger partial charge in [-0.05, 0) is 55.3 Å². The summed E-state index contributed by atoms with van der Waals surface area (Å²) < 4.78 is 26.9. The van der Waals surface area contributed by atoms with Crippen LogP contribution in [0.15, 0.2) is 83.2 Å². The van der Waals surface area contributed by atoms with E-state index < -0.39 is 6.04 Å². The largest absolute Gasteiger partial charge is 0.504 e. The topological polar surface area (TPSA) is 111 Å². The number of benzene rings is 3. The number of aromatic nitrogens is 3. The summed E-state index contributed by atoms with van der Waals surface area (Å²) in [6.07, 6.45) is 0. The first-order valence-electron chi connectivity index (χ1n) is 12.6. The molecule has 40 heavy (non-hydrogen) atoms. The Labute approximate surface area is 235 Å². The average Bonchev–Trinajstić information content (AvgIpc) is 3.35. The lowest BCUT2D eigenvalue weighted by atomic mass is 9.94. The second-order valence-corrected chi connectivity index (χ2v) is 9.87. The maximum absolute atomic E-state index is 14.2. The molecular weight excluding hydrogens is 533 g/mol. The van der Waals surface area contributed by atoms with Crippen molar-refractivity contribution in [2.75, 3.05) is 24.4 Å². The summed E-state index contributed by atoms with van der Waals surface area (Å²) in [6, 6.07) is 17.9. The Morgan fingerprint density at radius 2 is 1.93 bits per heavy atom.